The second-order valence-electron chi connectivity index (χ2n) is 3.73. The zero-order chi connectivity index (χ0) is 11.5. The van der Waals surface area contributed by atoms with Gasteiger partial charge >= 0.3 is 0 Å². The van der Waals surface area contributed by atoms with E-state index in [0.29, 0.717) is 11.3 Å². The Labute approximate surface area is 95.0 Å². The Hall–Kier alpha value is -2.27. The molecule has 0 aliphatic heterocycles. The van der Waals surface area contributed by atoms with E-state index in [0.717, 1.165) is 16.7 Å². The first-order valence-electron chi connectivity index (χ1n) is 5.08. The van der Waals surface area contributed by atoms with Gasteiger partial charge in [-0.05, 0) is 41.8 Å². The normalized spacial score (nSPS) is 9.75. The average molecular weight is 208 g/mol. The Morgan fingerprint density at radius 3 is 2.56 bits per heavy atom. The second-order valence-corrected chi connectivity index (χ2v) is 3.73. The highest BCUT2D eigenvalue weighted by atomic mass is 14.5. The lowest BCUT2D eigenvalue weighted by atomic mass is 9.96. The maximum atomic E-state index is 9.06. The number of aryl methyl sites for hydroxylation is 1. The largest absolute Gasteiger partial charge is 0.399 e. The van der Waals surface area contributed by atoms with Crippen LogP contribution in [0.25, 0.3) is 11.1 Å². The molecule has 2 heteroatoms. The van der Waals surface area contributed by atoms with Gasteiger partial charge in [-0.2, -0.15) is 5.26 Å². The van der Waals surface area contributed by atoms with E-state index in [1.807, 2.05) is 49.4 Å². The van der Waals surface area contributed by atoms with Gasteiger partial charge in [-0.3, -0.25) is 0 Å². The van der Waals surface area contributed by atoms with Gasteiger partial charge in [0.1, 0.15) is 0 Å². The van der Waals surface area contributed by atoms with Crippen LogP contribution in [0.5, 0.6) is 0 Å². The molecule has 2 nitrogen and oxygen atoms in total. The first-order chi connectivity index (χ1) is 7.72. The molecule has 0 saturated heterocycles. The van der Waals surface area contributed by atoms with Crippen molar-refractivity contribution >= 4 is 5.69 Å². The Morgan fingerprint density at radius 1 is 1.06 bits per heavy atom. The van der Waals surface area contributed by atoms with Crippen LogP contribution in [-0.4, -0.2) is 0 Å². The summed E-state index contributed by atoms with van der Waals surface area (Å²) in [5.74, 6) is 0. The van der Waals surface area contributed by atoms with Crippen molar-refractivity contribution in [2.45, 2.75) is 6.92 Å². The molecular formula is C14H12N2. The summed E-state index contributed by atoms with van der Waals surface area (Å²) in [5, 5.41) is 9.06. The van der Waals surface area contributed by atoms with Crippen molar-refractivity contribution in [3.8, 4) is 17.2 Å². The summed E-state index contributed by atoms with van der Waals surface area (Å²) in [6.07, 6.45) is 0. The summed E-state index contributed by atoms with van der Waals surface area (Å²) in [4.78, 5) is 0. The van der Waals surface area contributed by atoms with E-state index < -0.39 is 0 Å². The van der Waals surface area contributed by atoms with Crippen LogP contribution in [0.4, 0.5) is 5.69 Å². The molecule has 0 amide bonds. The molecule has 0 aliphatic carbocycles. The zero-order valence-electron chi connectivity index (χ0n) is 9.07. The van der Waals surface area contributed by atoms with Crippen LogP contribution in [0, 0.1) is 18.3 Å². The number of hydrogen-bond donors (Lipinski definition) is 1. The van der Waals surface area contributed by atoms with Crippen molar-refractivity contribution in [2.75, 3.05) is 5.73 Å². The summed E-state index contributed by atoms with van der Waals surface area (Å²) in [5.41, 5.74) is 10.3. The molecule has 0 spiro atoms. The van der Waals surface area contributed by atoms with Crippen LogP contribution in [0.1, 0.15) is 11.1 Å². The Morgan fingerprint density at radius 2 is 1.81 bits per heavy atom. The Kier molecular flexibility index (Phi) is 2.61. The molecule has 2 aromatic rings. The van der Waals surface area contributed by atoms with Crippen molar-refractivity contribution in [2.24, 2.45) is 0 Å². The lowest BCUT2D eigenvalue weighted by Gasteiger charge is -2.08. The molecule has 78 valence electrons. The van der Waals surface area contributed by atoms with Gasteiger partial charge in [-0.25, -0.2) is 0 Å². The summed E-state index contributed by atoms with van der Waals surface area (Å²) >= 11 is 0. The van der Waals surface area contributed by atoms with Crippen molar-refractivity contribution in [3.05, 3.63) is 53.6 Å². The van der Waals surface area contributed by atoms with Gasteiger partial charge < -0.3 is 5.73 Å². The van der Waals surface area contributed by atoms with Gasteiger partial charge in [0.25, 0.3) is 0 Å². The topological polar surface area (TPSA) is 49.8 Å². The van der Waals surface area contributed by atoms with Gasteiger partial charge in [0.05, 0.1) is 11.6 Å². The van der Waals surface area contributed by atoms with Crippen molar-refractivity contribution < 1.29 is 0 Å². The van der Waals surface area contributed by atoms with E-state index in [2.05, 4.69) is 6.07 Å². The summed E-state index contributed by atoms with van der Waals surface area (Å²) in [6, 6.07) is 15.5. The molecular weight excluding hydrogens is 196 g/mol. The molecule has 0 bridgehead atoms. The van der Waals surface area contributed by atoms with Gasteiger partial charge in [-0.15, -0.1) is 0 Å². The van der Waals surface area contributed by atoms with Crippen LogP contribution in [0.15, 0.2) is 42.5 Å². The average Bonchev–Trinajstić information content (AvgIpc) is 2.32. The lowest BCUT2D eigenvalue weighted by molar-refractivity contribution is 1.43. The molecule has 0 atom stereocenters. The molecule has 0 fully saturated rings. The molecule has 0 saturated carbocycles. The fourth-order valence-electron chi connectivity index (χ4n) is 1.75. The van der Waals surface area contributed by atoms with Crippen LogP contribution < -0.4 is 5.73 Å². The van der Waals surface area contributed by atoms with E-state index in [9.17, 15) is 0 Å². The predicted molar refractivity (Wildman–Crippen MR) is 65.7 cm³/mol. The lowest BCUT2D eigenvalue weighted by Crippen LogP contribution is -1.90. The third kappa shape index (κ3) is 1.76. The molecule has 2 N–H and O–H groups in total. The number of nitrogens with two attached hydrogens (primary N) is 1. The number of rotatable bonds is 1. The number of nitriles is 1. The fraction of sp³-hybridized carbons (Fsp3) is 0.0714. The monoisotopic (exact) mass is 208 g/mol. The number of nitrogen functional groups attached to an aromatic ring is 1. The SMILES string of the molecule is Cc1ccc(N)cc1-c1ccccc1C#N. The number of hydrogen-bond acceptors (Lipinski definition) is 2. The molecule has 16 heavy (non-hydrogen) atoms. The minimum atomic E-state index is 0.677. The summed E-state index contributed by atoms with van der Waals surface area (Å²) < 4.78 is 0. The molecule has 0 radical (unpaired) electrons. The molecule has 0 heterocycles. The molecule has 2 rings (SSSR count). The van der Waals surface area contributed by atoms with Crippen LogP contribution in [0.3, 0.4) is 0 Å². The van der Waals surface area contributed by atoms with Crippen LogP contribution in [0.2, 0.25) is 0 Å². The summed E-state index contributed by atoms with van der Waals surface area (Å²) in [6.45, 7) is 2.02. The first kappa shape index (κ1) is 10.3. The first-order valence-corrected chi connectivity index (χ1v) is 5.08. The number of anilines is 1. The van der Waals surface area contributed by atoms with Gasteiger partial charge in [0.2, 0.25) is 0 Å². The predicted octanol–water partition coefficient (Wildman–Crippen LogP) is 3.12. The standard InChI is InChI=1S/C14H12N2/c1-10-6-7-12(16)8-14(10)13-5-3-2-4-11(13)9-15/h2-8H,16H2,1H3. The summed E-state index contributed by atoms with van der Waals surface area (Å²) in [7, 11) is 0. The van der Waals surface area contributed by atoms with Crippen molar-refractivity contribution in [1.82, 2.24) is 0 Å². The second kappa shape index (κ2) is 4.08. The van der Waals surface area contributed by atoms with E-state index in [-0.39, 0.29) is 0 Å². The number of nitrogens with zero attached hydrogens (tertiary/aromatic N) is 1. The van der Waals surface area contributed by atoms with Gasteiger partial charge in [0, 0.05) is 5.69 Å². The van der Waals surface area contributed by atoms with Crippen LogP contribution >= 0.6 is 0 Å². The zero-order valence-corrected chi connectivity index (χ0v) is 9.07. The van der Waals surface area contributed by atoms with Crippen molar-refractivity contribution in [1.29, 1.82) is 5.26 Å². The Balaban J connectivity index is 2.68. The fourth-order valence-corrected chi connectivity index (χ4v) is 1.75. The highest BCUT2D eigenvalue weighted by Gasteiger charge is 2.06. The minimum Gasteiger partial charge on any atom is -0.399 e. The third-order valence-electron chi connectivity index (χ3n) is 2.60. The molecule has 0 aliphatic rings. The van der Waals surface area contributed by atoms with Gasteiger partial charge in [0.15, 0.2) is 0 Å². The van der Waals surface area contributed by atoms with Gasteiger partial charge in [-0.1, -0.05) is 24.3 Å². The van der Waals surface area contributed by atoms with E-state index in [1.165, 1.54) is 0 Å². The third-order valence-corrected chi connectivity index (χ3v) is 2.60. The highest BCUT2D eigenvalue weighted by Crippen LogP contribution is 2.28. The maximum absolute atomic E-state index is 9.06. The van der Waals surface area contributed by atoms with E-state index >= 15 is 0 Å². The van der Waals surface area contributed by atoms with E-state index in [1.54, 1.807) is 0 Å². The highest BCUT2D eigenvalue weighted by molar-refractivity contribution is 5.75. The quantitative estimate of drug-likeness (QED) is 0.732. The van der Waals surface area contributed by atoms with E-state index in [4.69, 9.17) is 11.0 Å². The molecule has 2 aromatic carbocycles. The van der Waals surface area contributed by atoms with Crippen LogP contribution in [-0.2, 0) is 0 Å². The Bertz CT molecular complexity index is 565. The molecule has 0 unspecified atom stereocenters. The van der Waals surface area contributed by atoms with Crippen molar-refractivity contribution in [3.63, 3.8) is 0 Å². The molecule has 0 aromatic heterocycles. The minimum absolute atomic E-state index is 0.677. The maximum Gasteiger partial charge on any atom is 0.0998 e. The smallest absolute Gasteiger partial charge is 0.0998 e. The number of benzene rings is 2.